The van der Waals surface area contributed by atoms with E-state index in [-0.39, 0.29) is 5.91 Å². The highest BCUT2D eigenvalue weighted by molar-refractivity contribution is 5.91. The third-order valence-electron chi connectivity index (χ3n) is 2.66. The van der Waals surface area contributed by atoms with E-state index in [2.05, 4.69) is 22.4 Å². The summed E-state index contributed by atoms with van der Waals surface area (Å²) in [6.45, 7) is 3.66. The van der Waals surface area contributed by atoms with Crippen molar-refractivity contribution >= 4 is 5.91 Å². The minimum Gasteiger partial charge on any atom is -0.304 e. The fraction of sp³-hybridized carbons (Fsp3) is 0.455. The van der Waals surface area contributed by atoms with Gasteiger partial charge in [-0.25, -0.2) is 5.01 Å². The van der Waals surface area contributed by atoms with Crippen LogP contribution < -0.4 is 5.43 Å². The predicted molar refractivity (Wildman–Crippen MR) is 60.8 cm³/mol. The number of carbonyl (C=O) groups is 1. The topological polar surface area (TPSA) is 48.5 Å². The Balaban J connectivity index is 1.88. The monoisotopic (exact) mass is 220 g/mol. The van der Waals surface area contributed by atoms with Crippen molar-refractivity contribution < 1.29 is 4.79 Å². The van der Waals surface area contributed by atoms with Crippen molar-refractivity contribution in [3.63, 3.8) is 0 Å². The van der Waals surface area contributed by atoms with Gasteiger partial charge in [0, 0.05) is 32.4 Å². The van der Waals surface area contributed by atoms with Gasteiger partial charge in [0.05, 0.1) is 0 Å². The van der Waals surface area contributed by atoms with Crippen LogP contribution in [0.5, 0.6) is 0 Å². The van der Waals surface area contributed by atoms with E-state index < -0.39 is 0 Å². The molecule has 16 heavy (non-hydrogen) atoms. The first-order chi connectivity index (χ1) is 7.75. The van der Waals surface area contributed by atoms with Crippen LogP contribution in [0.2, 0.25) is 0 Å². The van der Waals surface area contributed by atoms with E-state index in [1.54, 1.807) is 18.3 Å². The second kappa shape index (κ2) is 5.05. The summed E-state index contributed by atoms with van der Waals surface area (Å²) in [6.07, 6.45) is 1.62. The molecule has 1 fully saturated rings. The molecule has 2 rings (SSSR count). The number of nitrogens with one attached hydrogen (secondary N) is 1. The molecular weight excluding hydrogens is 204 g/mol. The van der Waals surface area contributed by atoms with Gasteiger partial charge in [0.1, 0.15) is 5.69 Å². The highest BCUT2D eigenvalue weighted by atomic mass is 16.2. The van der Waals surface area contributed by atoms with Gasteiger partial charge < -0.3 is 4.90 Å². The van der Waals surface area contributed by atoms with Gasteiger partial charge in [0.25, 0.3) is 5.91 Å². The zero-order valence-electron chi connectivity index (χ0n) is 9.39. The standard InChI is InChI=1S/C11H16N4O/c1-14-6-8-15(9-7-14)13-11(16)10-4-2-3-5-12-10/h2-5H,6-9H2,1H3,(H,13,16). The molecule has 1 saturated heterocycles. The first kappa shape index (κ1) is 11.0. The molecule has 1 amide bonds. The lowest BCUT2D eigenvalue weighted by Crippen LogP contribution is -2.52. The maximum Gasteiger partial charge on any atom is 0.284 e. The number of piperazine rings is 1. The summed E-state index contributed by atoms with van der Waals surface area (Å²) < 4.78 is 0. The number of hydrogen-bond acceptors (Lipinski definition) is 4. The highest BCUT2D eigenvalue weighted by Crippen LogP contribution is 1.98. The Bertz CT molecular complexity index is 346. The fourth-order valence-corrected chi connectivity index (χ4v) is 1.62. The van der Waals surface area contributed by atoms with Crippen LogP contribution in [0.1, 0.15) is 10.5 Å². The number of hydrogen-bond donors (Lipinski definition) is 1. The molecule has 1 N–H and O–H groups in total. The zero-order chi connectivity index (χ0) is 11.4. The number of amides is 1. The van der Waals surface area contributed by atoms with Crippen molar-refractivity contribution in [3.8, 4) is 0 Å². The van der Waals surface area contributed by atoms with Crippen molar-refractivity contribution in [1.29, 1.82) is 0 Å². The van der Waals surface area contributed by atoms with Crippen molar-refractivity contribution in [2.75, 3.05) is 33.2 Å². The molecule has 5 nitrogen and oxygen atoms in total. The molecule has 5 heteroatoms. The summed E-state index contributed by atoms with van der Waals surface area (Å²) in [5, 5.41) is 1.94. The number of carbonyl (C=O) groups excluding carboxylic acids is 1. The van der Waals surface area contributed by atoms with E-state index in [1.165, 1.54) is 0 Å². The number of likely N-dealkylation sites (N-methyl/N-ethyl adjacent to an activating group) is 1. The van der Waals surface area contributed by atoms with Gasteiger partial charge in [-0.15, -0.1) is 0 Å². The first-order valence-electron chi connectivity index (χ1n) is 5.41. The minimum atomic E-state index is -0.134. The summed E-state index contributed by atoms with van der Waals surface area (Å²) in [6, 6.07) is 5.32. The number of aromatic nitrogens is 1. The molecule has 0 aromatic carbocycles. The third kappa shape index (κ3) is 2.77. The molecular formula is C11H16N4O. The number of rotatable bonds is 2. The Morgan fingerprint density at radius 3 is 2.69 bits per heavy atom. The Labute approximate surface area is 95.0 Å². The van der Waals surface area contributed by atoms with E-state index in [0.717, 1.165) is 26.2 Å². The molecule has 0 atom stereocenters. The lowest BCUT2D eigenvalue weighted by Gasteiger charge is -2.32. The molecule has 0 saturated carbocycles. The molecule has 0 aliphatic carbocycles. The Hall–Kier alpha value is -1.46. The average molecular weight is 220 g/mol. The van der Waals surface area contributed by atoms with Crippen LogP contribution in [0.25, 0.3) is 0 Å². The second-order valence-electron chi connectivity index (χ2n) is 3.95. The van der Waals surface area contributed by atoms with Crippen molar-refractivity contribution in [2.24, 2.45) is 0 Å². The lowest BCUT2D eigenvalue weighted by molar-refractivity contribution is 0.0658. The van der Waals surface area contributed by atoms with Crippen LogP contribution in [0.15, 0.2) is 24.4 Å². The van der Waals surface area contributed by atoms with E-state index in [4.69, 9.17) is 0 Å². The van der Waals surface area contributed by atoms with Gasteiger partial charge in [-0.05, 0) is 19.2 Å². The molecule has 86 valence electrons. The lowest BCUT2D eigenvalue weighted by atomic mass is 10.3. The van der Waals surface area contributed by atoms with Crippen molar-refractivity contribution in [2.45, 2.75) is 0 Å². The van der Waals surface area contributed by atoms with Crippen LogP contribution in [0.4, 0.5) is 0 Å². The summed E-state index contributed by atoms with van der Waals surface area (Å²) in [5.41, 5.74) is 3.32. The maximum atomic E-state index is 11.8. The smallest absolute Gasteiger partial charge is 0.284 e. The van der Waals surface area contributed by atoms with Gasteiger partial charge in [-0.2, -0.15) is 0 Å². The molecule has 0 radical (unpaired) electrons. The van der Waals surface area contributed by atoms with Gasteiger partial charge in [-0.3, -0.25) is 15.2 Å². The van der Waals surface area contributed by atoms with Crippen molar-refractivity contribution in [1.82, 2.24) is 20.3 Å². The summed E-state index contributed by atoms with van der Waals surface area (Å²) in [4.78, 5) is 18.0. The van der Waals surface area contributed by atoms with Gasteiger partial charge in [0.2, 0.25) is 0 Å². The molecule has 2 heterocycles. The molecule has 0 spiro atoms. The van der Waals surface area contributed by atoms with Crippen LogP contribution in [0, 0.1) is 0 Å². The highest BCUT2D eigenvalue weighted by Gasteiger charge is 2.16. The molecule has 1 aromatic rings. The summed E-state index contributed by atoms with van der Waals surface area (Å²) >= 11 is 0. The minimum absolute atomic E-state index is 0.134. The molecule has 1 aliphatic heterocycles. The zero-order valence-corrected chi connectivity index (χ0v) is 9.39. The summed E-state index contributed by atoms with van der Waals surface area (Å²) in [5.74, 6) is -0.134. The number of nitrogens with zero attached hydrogens (tertiary/aromatic N) is 3. The predicted octanol–water partition coefficient (Wildman–Crippen LogP) is -0.0262. The molecule has 1 aromatic heterocycles. The Morgan fingerprint density at radius 2 is 2.06 bits per heavy atom. The van der Waals surface area contributed by atoms with E-state index in [1.807, 2.05) is 11.1 Å². The summed E-state index contributed by atoms with van der Waals surface area (Å²) in [7, 11) is 2.08. The van der Waals surface area contributed by atoms with Crippen LogP contribution in [-0.4, -0.2) is 54.0 Å². The maximum absolute atomic E-state index is 11.8. The Morgan fingerprint density at radius 1 is 1.31 bits per heavy atom. The van der Waals surface area contributed by atoms with Gasteiger partial charge in [-0.1, -0.05) is 6.07 Å². The Kier molecular flexibility index (Phi) is 3.48. The second-order valence-corrected chi connectivity index (χ2v) is 3.95. The normalized spacial score (nSPS) is 18.3. The number of pyridine rings is 1. The molecule has 0 bridgehead atoms. The van der Waals surface area contributed by atoms with E-state index in [0.29, 0.717) is 5.69 Å². The third-order valence-corrected chi connectivity index (χ3v) is 2.66. The van der Waals surface area contributed by atoms with Crippen LogP contribution >= 0.6 is 0 Å². The van der Waals surface area contributed by atoms with E-state index in [9.17, 15) is 4.79 Å². The quantitative estimate of drug-likeness (QED) is 0.760. The van der Waals surface area contributed by atoms with E-state index >= 15 is 0 Å². The average Bonchev–Trinajstić information content (AvgIpc) is 2.33. The number of hydrazine groups is 1. The van der Waals surface area contributed by atoms with Crippen LogP contribution in [0.3, 0.4) is 0 Å². The first-order valence-corrected chi connectivity index (χ1v) is 5.41. The largest absolute Gasteiger partial charge is 0.304 e. The van der Waals surface area contributed by atoms with Gasteiger partial charge in [0.15, 0.2) is 0 Å². The molecule has 0 unspecified atom stereocenters. The van der Waals surface area contributed by atoms with Crippen molar-refractivity contribution in [3.05, 3.63) is 30.1 Å². The SMILES string of the molecule is CN1CCN(NC(=O)c2ccccn2)CC1. The van der Waals surface area contributed by atoms with Crippen LogP contribution in [-0.2, 0) is 0 Å². The van der Waals surface area contributed by atoms with Gasteiger partial charge >= 0.3 is 0 Å². The molecule has 1 aliphatic rings. The fourth-order valence-electron chi connectivity index (χ4n) is 1.62.